The number of benzene rings is 1. The van der Waals surface area contributed by atoms with Gasteiger partial charge in [0.25, 0.3) is 0 Å². The average molecular weight is 480 g/mol. The first kappa shape index (κ1) is 24.4. The van der Waals surface area contributed by atoms with Gasteiger partial charge in [0.1, 0.15) is 6.10 Å². The monoisotopic (exact) mass is 480 g/mol. The van der Waals surface area contributed by atoms with Crippen molar-refractivity contribution in [3.63, 3.8) is 0 Å². The Bertz CT molecular complexity index is 605. The molecule has 0 aliphatic carbocycles. The third-order valence-corrected chi connectivity index (χ3v) is 3.18. The molecule has 0 heterocycles. The Kier molecular flexibility index (Phi) is 10.5. The number of ether oxygens (including phenoxy) is 1. The van der Waals surface area contributed by atoms with Crippen LogP contribution in [0.15, 0.2) is 29.3 Å². The van der Waals surface area contributed by atoms with Gasteiger partial charge in [0.2, 0.25) is 5.91 Å². The van der Waals surface area contributed by atoms with Crippen LogP contribution in [0, 0.1) is 5.82 Å². The molecule has 148 valence electrons. The molecular formula is C18H30FIN4O2. The standard InChI is InChI=1S/C18H29FN4O2.HI/c1-13(25-15-10-8-7-9-14(15)19)11-21-17(20-5)23(6)12-16(24)22-18(2,3)4;/h7-10,13H,11-12H2,1-6H3,(H,20,21)(H,22,24);1H. The number of aliphatic imine (C=N–C) groups is 1. The number of guanidine groups is 1. The largest absolute Gasteiger partial charge is 0.486 e. The second-order valence-electron chi connectivity index (χ2n) is 6.94. The number of halogens is 2. The van der Waals surface area contributed by atoms with Crippen molar-refractivity contribution in [1.29, 1.82) is 0 Å². The molecule has 1 aromatic rings. The van der Waals surface area contributed by atoms with E-state index in [1.54, 1.807) is 37.2 Å². The summed E-state index contributed by atoms with van der Waals surface area (Å²) in [7, 11) is 3.42. The van der Waals surface area contributed by atoms with E-state index >= 15 is 0 Å². The van der Waals surface area contributed by atoms with Gasteiger partial charge in [-0.2, -0.15) is 0 Å². The number of para-hydroxylation sites is 1. The van der Waals surface area contributed by atoms with E-state index in [0.29, 0.717) is 12.5 Å². The van der Waals surface area contributed by atoms with Gasteiger partial charge in [0, 0.05) is 19.6 Å². The average Bonchev–Trinajstić information content (AvgIpc) is 2.48. The lowest BCUT2D eigenvalue weighted by Crippen LogP contribution is -2.49. The summed E-state index contributed by atoms with van der Waals surface area (Å²) in [5.74, 6) is 0.293. The van der Waals surface area contributed by atoms with E-state index in [4.69, 9.17) is 4.74 Å². The van der Waals surface area contributed by atoms with Crippen LogP contribution in [0.5, 0.6) is 5.75 Å². The highest BCUT2D eigenvalue weighted by Crippen LogP contribution is 2.16. The van der Waals surface area contributed by atoms with Gasteiger partial charge in [0.15, 0.2) is 17.5 Å². The smallest absolute Gasteiger partial charge is 0.240 e. The van der Waals surface area contributed by atoms with Crippen molar-refractivity contribution in [2.75, 3.05) is 27.2 Å². The van der Waals surface area contributed by atoms with Gasteiger partial charge in [0.05, 0.1) is 13.1 Å². The van der Waals surface area contributed by atoms with E-state index in [0.717, 1.165) is 0 Å². The minimum absolute atomic E-state index is 0. The van der Waals surface area contributed by atoms with Crippen LogP contribution in [0.1, 0.15) is 27.7 Å². The number of carbonyl (C=O) groups excluding carboxylic acids is 1. The Morgan fingerprint density at radius 3 is 2.50 bits per heavy atom. The molecule has 8 heteroatoms. The fourth-order valence-corrected chi connectivity index (χ4v) is 2.17. The molecule has 0 aliphatic heterocycles. The van der Waals surface area contributed by atoms with Crippen molar-refractivity contribution in [2.24, 2.45) is 4.99 Å². The maximum atomic E-state index is 13.6. The molecule has 1 rings (SSSR count). The molecule has 1 atom stereocenters. The molecule has 0 fully saturated rings. The van der Waals surface area contributed by atoms with Crippen LogP contribution in [0.4, 0.5) is 4.39 Å². The lowest BCUT2D eigenvalue weighted by atomic mass is 10.1. The summed E-state index contributed by atoms with van der Waals surface area (Å²) >= 11 is 0. The fourth-order valence-electron chi connectivity index (χ4n) is 2.17. The summed E-state index contributed by atoms with van der Waals surface area (Å²) in [4.78, 5) is 17.9. The minimum Gasteiger partial charge on any atom is -0.486 e. The predicted octanol–water partition coefficient (Wildman–Crippen LogP) is 2.63. The normalized spacial score (nSPS) is 12.7. The first-order chi connectivity index (χ1) is 11.6. The third kappa shape index (κ3) is 9.21. The molecule has 0 aromatic heterocycles. The second kappa shape index (κ2) is 11.2. The number of rotatable bonds is 6. The maximum Gasteiger partial charge on any atom is 0.240 e. The summed E-state index contributed by atoms with van der Waals surface area (Å²) in [5.41, 5.74) is -0.281. The van der Waals surface area contributed by atoms with E-state index in [1.807, 2.05) is 27.7 Å². The third-order valence-electron chi connectivity index (χ3n) is 3.18. The van der Waals surface area contributed by atoms with E-state index in [-0.39, 0.29) is 53.8 Å². The molecule has 26 heavy (non-hydrogen) atoms. The molecular weight excluding hydrogens is 450 g/mol. The molecule has 1 unspecified atom stereocenters. The van der Waals surface area contributed by atoms with Crippen LogP contribution in [0.2, 0.25) is 0 Å². The van der Waals surface area contributed by atoms with Gasteiger partial charge in [-0.25, -0.2) is 4.39 Å². The number of nitrogens with one attached hydrogen (secondary N) is 2. The summed E-state index contributed by atoms with van der Waals surface area (Å²) < 4.78 is 19.2. The molecule has 1 aromatic carbocycles. The Morgan fingerprint density at radius 1 is 1.35 bits per heavy atom. The van der Waals surface area contributed by atoms with Crippen LogP contribution in [-0.2, 0) is 4.79 Å². The van der Waals surface area contributed by atoms with Crippen molar-refractivity contribution in [3.05, 3.63) is 30.1 Å². The van der Waals surface area contributed by atoms with Gasteiger partial charge in [-0.3, -0.25) is 9.79 Å². The molecule has 1 amide bonds. The zero-order valence-corrected chi connectivity index (χ0v) is 18.6. The quantitative estimate of drug-likeness (QED) is 0.374. The van der Waals surface area contributed by atoms with Crippen molar-refractivity contribution < 1.29 is 13.9 Å². The predicted molar refractivity (Wildman–Crippen MR) is 114 cm³/mol. The number of amides is 1. The molecule has 0 saturated carbocycles. The van der Waals surface area contributed by atoms with E-state index in [1.165, 1.54) is 6.07 Å². The lowest BCUT2D eigenvalue weighted by molar-refractivity contribution is -0.122. The van der Waals surface area contributed by atoms with Gasteiger partial charge in [-0.05, 0) is 39.8 Å². The number of hydrogen-bond acceptors (Lipinski definition) is 3. The summed E-state index contributed by atoms with van der Waals surface area (Å²) in [6.07, 6.45) is -0.273. The SMILES string of the molecule is CN=C(NCC(C)Oc1ccccc1F)N(C)CC(=O)NC(C)(C)C.I. The highest BCUT2D eigenvalue weighted by molar-refractivity contribution is 14.0. The Balaban J connectivity index is 0.00000625. The zero-order chi connectivity index (χ0) is 19.0. The number of hydrogen-bond donors (Lipinski definition) is 2. The fraction of sp³-hybridized carbons (Fsp3) is 0.556. The molecule has 0 radical (unpaired) electrons. The van der Waals surface area contributed by atoms with Crippen LogP contribution >= 0.6 is 24.0 Å². The molecule has 0 bridgehead atoms. The van der Waals surface area contributed by atoms with E-state index in [2.05, 4.69) is 15.6 Å². The number of nitrogens with zero attached hydrogens (tertiary/aromatic N) is 2. The van der Waals surface area contributed by atoms with Crippen LogP contribution in [0.25, 0.3) is 0 Å². The van der Waals surface area contributed by atoms with Gasteiger partial charge in [-0.1, -0.05) is 12.1 Å². The molecule has 6 nitrogen and oxygen atoms in total. The van der Waals surface area contributed by atoms with Gasteiger partial charge >= 0.3 is 0 Å². The van der Waals surface area contributed by atoms with E-state index < -0.39 is 5.82 Å². The zero-order valence-electron chi connectivity index (χ0n) is 16.3. The van der Waals surface area contributed by atoms with Crippen LogP contribution in [0.3, 0.4) is 0 Å². The summed E-state index contributed by atoms with van der Waals surface area (Å²) in [6.45, 7) is 8.23. The van der Waals surface area contributed by atoms with Crippen molar-refractivity contribution in [2.45, 2.75) is 39.3 Å². The maximum absolute atomic E-state index is 13.6. The Morgan fingerprint density at radius 2 is 1.96 bits per heavy atom. The molecule has 2 N–H and O–H groups in total. The van der Waals surface area contributed by atoms with Crippen LogP contribution in [-0.4, -0.2) is 55.6 Å². The highest BCUT2D eigenvalue weighted by atomic mass is 127. The Labute approximate surface area is 172 Å². The highest BCUT2D eigenvalue weighted by Gasteiger charge is 2.17. The molecule has 0 aliphatic rings. The van der Waals surface area contributed by atoms with E-state index in [9.17, 15) is 9.18 Å². The number of carbonyl (C=O) groups is 1. The summed E-state index contributed by atoms with van der Waals surface area (Å²) in [5, 5.41) is 6.03. The summed E-state index contributed by atoms with van der Waals surface area (Å²) in [6, 6.07) is 6.28. The topological polar surface area (TPSA) is 66.0 Å². The van der Waals surface area contributed by atoms with Crippen molar-refractivity contribution >= 4 is 35.8 Å². The number of likely N-dealkylation sites (N-methyl/N-ethyl adjacent to an activating group) is 1. The first-order valence-corrected chi connectivity index (χ1v) is 8.26. The van der Waals surface area contributed by atoms with Crippen molar-refractivity contribution in [1.82, 2.24) is 15.5 Å². The first-order valence-electron chi connectivity index (χ1n) is 8.26. The minimum atomic E-state index is -0.394. The van der Waals surface area contributed by atoms with Crippen LogP contribution < -0.4 is 15.4 Å². The Hall–Kier alpha value is -1.58. The lowest BCUT2D eigenvalue weighted by Gasteiger charge is -2.26. The van der Waals surface area contributed by atoms with Gasteiger partial charge < -0.3 is 20.3 Å². The van der Waals surface area contributed by atoms with Crippen molar-refractivity contribution in [3.8, 4) is 5.75 Å². The van der Waals surface area contributed by atoms with Gasteiger partial charge in [-0.15, -0.1) is 24.0 Å². The molecule has 0 spiro atoms. The second-order valence-corrected chi connectivity index (χ2v) is 6.94. The molecule has 0 saturated heterocycles.